The Kier molecular flexibility index (Phi) is 4.04. The SMILES string of the molecule is Cc1ccc2c(c1)N(C(=O)C1Cc3ccc(-c4ccccn4)cc3C1)CC2C. The number of carbonyl (C=O) groups excluding carboxylic acids is 1. The average molecular weight is 368 g/mol. The molecule has 1 aliphatic carbocycles. The molecule has 3 heteroatoms. The zero-order valence-corrected chi connectivity index (χ0v) is 16.4. The third-order valence-corrected chi connectivity index (χ3v) is 6.18. The molecular formula is C25H24N2O. The molecule has 0 saturated carbocycles. The van der Waals surface area contributed by atoms with Crippen LogP contribution in [0.4, 0.5) is 5.69 Å². The lowest BCUT2D eigenvalue weighted by atomic mass is 10.0. The Bertz CT molecular complexity index is 1060. The van der Waals surface area contributed by atoms with E-state index in [2.05, 4.69) is 55.2 Å². The molecule has 0 radical (unpaired) electrons. The van der Waals surface area contributed by atoms with E-state index in [-0.39, 0.29) is 11.8 Å². The summed E-state index contributed by atoms with van der Waals surface area (Å²) >= 11 is 0. The fourth-order valence-electron chi connectivity index (χ4n) is 4.69. The van der Waals surface area contributed by atoms with Gasteiger partial charge in [0.1, 0.15) is 0 Å². The first-order chi connectivity index (χ1) is 13.6. The van der Waals surface area contributed by atoms with Gasteiger partial charge in [-0.25, -0.2) is 0 Å². The van der Waals surface area contributed by atoms with Crippen molar-refractivity contribution in [3.8, 4) is 11.3 Å². The molecule has 0 spiro atoms. The molecule has 2 atom stereocenters. The molecular weight excluding hydrogens is 344 g/mol. The summed E-state index contributed by atoms with van der Waals surface area (Å²) in [5.74, 6) is 0.707. The van der Waals surface area contributed by atoms with Crippen LogP contribution in [0.2, 0.25) is 0 Å². The van der Waals surface area contributed by atoms with Crippen LogP contribution in [0.5, 0.6) is 0 Å². The van der Waals surface area contributed by atoms with E-state index >= 15 is 0 Å². The monoisotopic (exact) mass is 368 g/mol. The number of benzene rings is 2. The maximum absolute atomic E-state index is 13.4. The zero-order chi connectivity index (χ0) is 19.3. The van der Waals surface area contributed by atoms with Gasteiger partial charge >= 0.3 is 0 Å². The molecule has 3 aromatic rings. The number of hydrogen-bond acceptors (Lipinski definition) is 2. The summed E-state index contributed by atoms with van der Waals surface area (Å²) in [6.07, 6.45) is 3.48. The highest BCUT2D eigenvalue weighted by Gasteiger charge is 2.36. The van der Waals surface area contributed by atoms with Crippen molar-refractivity contribution in [2.24, 2.45) is 5.92 Å². The van der Waals surface area contributed by atoms with Crippen LogP contribution in [0.25, 0.3) is 11.3 Å². The Morgan fingerprint density at radius 2 is 1.89 bits per heavy atom. The molecule has 2 aliphatic rings. The maximum Gasteiger partial charge on any atom is 0.230 e. The van der Waals surface area contributed by atoms with E-state index in [0.29, 0.717) is 5.92 Å². The standard InChI is InChI=1S/C25H24N2O/c1-16-6-9-22-17(2)15-27(24(22)11-16)25(28)21-12-18-7-8-19(13-20(18)14-21)23-5-3-4-10-26-23/h3-11,13,17,21H,12,14-15H2,1-2H3. The Balaban J connectivity index is 1.40. The Hall–Kier alpha value is -2.94. The molecule has 140 valence electrons. The summed E-state index contributed by atoms with van der Waals surface area (Å²) in [4.78, 5) is 19.9. The van der Waals surface area contributed by atoms with Crippen molar-refractivity contribution in [2.45, 2.75) is 32.6 Å². The van der Waals surface area contributed by atoms with Crippen molar-refractivity contribution < 1.29 is 4.79 Å². The molecule has 0 bridgehead atoms. The van der Waals surface area contributed by atoms with Crippen molar-refractivity contribution in [3.05, 3.63) is 83.0 Å². The van der Waals surface area contributed by atoms with Crippen LogP contribution >= 0.6 is 0 Å². The second kappa shape index (κ2) is 6.59. The normalized spacial score (nSPS) is 20.1. The smallest absolute Gasteiger partial charge is 0.230 e. The van der Waals surface area contributed by atoms with Crippen molar-refractivity contribution in [1.29, 1.82) is 0 Å². The third-order valence-electron chi connectivity index (χ3n) is 6.18. The predicted molar refractivity (Wildman–Crippen MR) is 113 cm³/mol. The summed E-state index contributed by atoms with van der Waals surface area (Å²) in [5.41, 5.74) is 8.32. The van der Waals surface area contributed by atoms with E-state index in [4.69, 9.17) is 0 Å². The quantitative estimate of drug-likeness (QED) is 0.643. The molecule has 1 aromatic heterocycles. The lowest BCUT2D eigenvalue weighted by Gasteiger charge is -2.21. The van der Waals surface area contributed by atoms with Gasteiger partial charge in [-0.1, -0.05) is 37.3 Å². The number of rotatable bonds is 2. The second-order valence-electron chi connectivity index (χ2n) is 8.22. The number of fused-ring (bicyclic) bond motifs is 2. The van der Waals surface area contributed by atoms with Crippen molar-refractivity contribution in [2.75, 3.05) is 11.4 Å². The van der Waals surface area contributed by atoms with E-state index in [9.17, 15) is 4.79 Å². The Morgan fingerprint density at radius 1 is 1.04 bits per heavy atom. The minimum atomic E-state index is 0.0349. The highest BCUT2D eigenvalue weighted by Crippen LogP contribution is 2.39. The maximum atomic E-state index is 13.4. The average Bonchev–Trinajstić information content (AvgIpc) is 3.28. The summed E-state index contributed by atoms with van der Waals surface area (Å²) in [6.45, 7) is 5.10. The molecule has 0 N–H and O–H groups in total. The van der Waals surface area contributed by atoms with Gasteiger partial charge in [0.05, 0.1) is 5.69 Å². The van der Waals surface area contributed by atoms with Gasteiger partial charge in [0.25, 0.3) is 0 Å². The minimum Gasteiger partial charge on any atom is -0.311 e. The predicted octanol–water partition coefficient (Wildman–Crippen LogP) is 4.92. The van der Waals surface area contributed by atoms with Crippen LogP contribution in [0.15, 0.2) is 60.8 Å². The number of nitrogens with zero attached hydrogens (tertiary/aromatic N) is 2. The van der Waals surface area contributed by atoms with E-state index in [1.165, 1.54) is 22.3 Å². The molecule has 3 nitrogen and oxygen atoms in total. The van der Waals surface area contributed by atoms with Crippen molar-refractivity contribution in [1.82, 2.24) is 4.98 Å². The van der Waals surface area contributed by atoms with Crippen molar-refractivity contribution in [3.63, 3.8) is 0 Å². The van der Waals surface area contributed by atoms with E-state index in [1.807, 2.05) is 29.3 Å². The first kappa shape index (κ1) is 17.2. The summed E-state index contributed by atoms with van der Waals surface area (Å²) in [5, 5.41) is 0. The van der Waals surface area contributed by atoms with Gasteiger partial charge in [0.15, 0.2) is 0 Å². The Labute approximate surface area is 166 Å². The van der Waals surface area contributed by atoms with E-state index in [1.54, 1.807) is 0 Å². The second-order valence-corrected chi connectivity index (χ2v) is 8.22. The molecule has 2 aromatic carbocycles. The number of aryl methyl sites for hydroxylation is 1. The summed E-state index contributed by atoms with van der Waals surface area (Å²) < 4.78 is 0. The molecule has 5 rings (SSSR count). The van der Waals surface area contributed by atoms with Crippen LogP contribution in [0.3, 0.4) is 0 Å². The number of pyridine rings is 1. The fraction of sp³-hybridized carbons (Fsp3) is 0.280. The largest absolute Gasteiger partial charge is 0.311 e. The highest BCUT2D eigenvalue weighted by atomic mass is 16.2. The first-order valence-electron chi connectivity index (χ1n) is 10.1. The Morgan fingerprint density at radius 3 is 2.71 bits per heavy atom. The lowest BCUT2D eigenvalue weighted by molar-refractivity contribution is -0.122. The lowest BCUT2D eigenvalue weighted by Crippen LogP contribution is -2.35. The minimum absolute atomic E-state index is 0.0349. The van der Waals surface area contributed by atoms with Crippen LogP contribution in [-0.2, 0) is 17.6 Å². The number of aromatic nitrogens is 1. The van der Waals surface area contributed by atoms with Gasteiger partial charge < -0.3 is 4.90 Å². The van der Waals surface area contributed by atoms with E-state index < -0.39 is 0 Å². The van der Waals surface area contributed by atoms with E-state index in [0.717, 1.165) is 36.3 Å². The zero-order valence-electron chi connectivity index (χ0n) is 16.4. The topological polar surface area (TPSA) is 33.2 Å². The summed E-state index contributed by atoms with van der Waals surface area (Å²) in [7, 11) is 0. The van der Waals surface area contributed by atoms with Gasteiger partial charge in [0.2, 0.25) is 5.91 Å². The fourth-order valence-corrected chi connectivity index (χ4v) is 4.69. The molecule has 0 saturated heterocycles. The number of carbonyl (C=O) groups is 1. The van der Waals surface area contributed by atoms with Gasteiger partial charge in [-0.2, -0.15) is 0 Å². The summed E-state index contributed by atoms with van der Waals surface area (Å²) in [6, 6.07) is 19.0. The number of anilines is 1. The molecule has 0 fully saturated rings. The first-order valence-corrected chi connectivity index (χ1v) is 10.1. The molecule has 1 amide bonds. The van der Waals surface area contributed by atoms with Crippen LogP contribution < -0.4 is 4.90 Å². The molecule has 28 heavy (non-hydrogen) atoms. The van der Waals surface area contributed by atoms with Crippen LogP contribution in [0.1, 0.15) is 35.1 Å². The highest BCUT2D eigenvalue weighted by molar-refractivity contribution is 5.98. The van der Waals surface area contributed by atoms with Crippen LogP contribution in [-0.4, -0.2) is 17.4 Å². The third kappa shape index (κ3) is 2.82. The van der Waals surface area contributed by atoms with Gasteiger partial charge in [-0.15, -0.1) is 0 Å². The van der Waals surface area contributed by atoms with Gasteiger partial charge in [0, 0.05) is 35.8 Å². The van der Waals surface area contributed by atoms with Crippen LogP contribution in [0, 0.1) is 12.8 Å². The van der Waals surface area contributed by atoms with Gasteiger partial charge in [-0.3, -0.25) is 9.78 Å². The van der Waals surface area contributed by atoms with Gasteiger partial charge in [-0.05, 0) is 66.3 Å². The number of amides is 1. The molecule has 1 aliphatic heterocycles. The van der Waals surface area contributed by atoms with Crippen molar-refractivity contribution >= 4 is 11.6 Å². The molecule has 2 heterocycles. The number of hydrogen-bond donors (Lipinski definition) is 0. The molecule has 2 unspecified atom stereocenters.